The van der Waals surface area contributed by atoms with Crippen LogP contribution < -0.4 is 5.32 Å². The minimum atomic E-state index is -0.989. The maximum absolute atomic E-state index is 13.0. The number of aliphatic imine (C=N–C) groups is 1. The molecule has 0 fully saturated rings. The van der Waals surface area contributed by atoms with E-state index in [0.29, 0.717) is 12.5 Å². The van der Waals surface area contributed by atoms with Gasteiger partial charge in [-0.25, -0.2) is 4.99 Å². The summed E-state index contributed by atoms with van der Waals surface area (Å²) in [6.07, 6.45) is 0.890. The molecule has 6 nitrogen and oxygen atoms in total. The molecule has 1 amide bonds. The number of esters is 1. The summed E-state index contributed by atoms with van der Waals surface area (Å²) in [7, 11) is 0. The molecule has 0 unspecified atom stereocenters. The summed E-state index contributed by atoms with van der Waals surface area (Å²) < 4.78 is 5.19. The summed E-state index contributed by atoms with van der Waals surface area (Å²) in [5.41, 5.74) is 4.42. The Morgan fingerprint density at radius 1 is 1.17 bits per heavy atom. The van der Waals surface area contributed by atoms with Gasteiger partial charge in [-0.2, -0.15) is 0 Å². The summed E-state index contributed by atoms with van der Waals surface area (Å²) in [6.45, 7) is 5.38. The highest BCUT2D eigenvalue weighted by molar-refractivity contribution is 6.08. The molecule has 2 aliphatic heterocycles. The second-order valence-electron chi connectivity index (χ2n) is 7.41. The number of nitrogens with zero attached hydrogens (tertiary/aromatic N) is 2. The Bertz CT molecular complexity index is 969. The van der Waals surface area contributed by atoms with E-state index in [0.717, 1.165) is 24.1 Å². The van der Waals surface area contributed by atoms with Crippen molar-refractivity contribution in [2.24, 2.45) is 10.9 Å². The van der Waals surface area contributed by atoms with Crippen molar-refractivity contribution >= 4 is 17.8 Å². The number of guanidine groups is 1. The third-order valence-corrected chi connectivity index (χ3v) is 5.57. The van der Waals surface area contributed by atoms with Crippen LogP contribution in [-0.2, 0) is 27.3 Å². The van der Waals surface area contributed by atoms with Crippen LogP contribution in [-0.4, -0.2) is 35.9 Å². The van der Waals surface area contributed by atoms with Crippen LogP contribution in [0.25, 0.3) is 0 Å². The van der Waals surface area contributed by atoms with Crippen molar-refractivity contribution < 1.29 is 14.3 Å². The van der Waals surface area contributed by atoms with Gasteiger partial charge in [0, 0.05) is 13.1 Å². The van der Waals surface area contributed by atoms with E-state index in [1.165, 1.54) is 11.1 Å². The maximum Gasteiger partial charge on any atom is 0.321 e. The first-order valence-corrected chi connectivity index (χ1v) is 10.0. The van der Waals surface area contributed by atoms with Gasteiger partial charge in [0.2, 0.25) is 11.9 Å². The second kappa shape index (κ2) is 8.07. The van der Waals surface area contributed by atoms with Gasteiger partial charge < -0.3 is 9.64 Å². The van der Waals surface area contributed by atoms with E-state index in [1.54, 1.807) is 6.92 Å². The van der Waals surface area contributed by atoms with E-state index in [2.05, 4.69) is 22.3 Å². The number of amides is 1. The Kier molecular flexibility index (Phi) is 5.34. The van der Waals surface area contributed by atoms with Gasteiger partial charge in [0.15, 0.2) is 5.92 Å². The molecule has 0 saturated carbocycles. The molecule has 150 valence electrons. The number of benzene rings is 2. The molecule has 2 aromatic rings. The van der Waals surface area contributed by atoms with E-state index in [1.807, 2.05) is 43.3 Å². The van der Waals surface area contributed by atoms with E-state index in [4.69, 9.17) is 9.73 Å². The summed E-state index contributed by atoms with van der Waals surface area (Å²) in [6, 6.07) is 15.5. The number of ether oxygens (including phenoxy) is 1. The SMILES string of the molecule is CCOC(=O)[C@H]1C(=O)NC(N2CCc3ccccc3C2)=N[C@@H]1c1ccccc1C. The quantitative estimate of drug-likeness (QED) is 0.645. The number of carbonyl (C=O) groups is 2. The van der Waals surface area contributed by atoms with Gasteiger partial charge in [-0.15, -0.1) is 0 Å². The first kappa shape index (κ1) is 19.2. The van der Waals surface area contributed by atoms with Crippen molar-refractivity contribution in [1.29, 1.82) is 0 Å². The van der Waals surface area contributed by atoms with E-state index >= 15 is 0 Å². The normalized spacial score (nSPS) is 21.1. The van der Waals surface area contributed by atoms with Crippen LogP contribution in [0, 0.1) is 12.8 Å². The Morgan fingerprint density at radius 2 is 1.90 bits per heavy atom. The van der Waals surface area contributed by atoms with Crippen molar-refractivity contribution in [3.63, 3.8) is 0 Å². The highest BCUT2D eigenvalue weighted by atomic mass is 16.5. The Labute approximate surface area is 170 Å². The molecule has 6 heteroatoms. The first-order valence-electron chi connectivity index (χ1n) is 10.0. The van der Waals surface area contributed by atoms with Crippen LogP contribution in [0.4, 0.5) is 0 Å². The van der Waals surface area contributed by atoms with Crippen LogP contribution >= 0.6 is 0 Å². The smallest absolute Gasteiger partial charge is 0.321 e. The number of hydrogen-bond acceptors (Lipinski definition) is 5. The van der Waals surface area contributed by atoms with E-state index in [9.17, 15) is 9.59 Å². The minimum Gasteiger partial charge on any atom is -0.465 e. The molecule has 0 bridgehead atoms. The molecule has 2 aliphatic rings. The monoisotopic (exact) mass is 391 g/mol. The summed E-state index contributed by atoms with van der Waals surface area (Å²) >= 11 is 0. The summed E-state index contributed by atoms with van der Waals surface area (Å²) in [4.78, 5) is 32.5. The van der Waals surface area contributed by atoms with Gasteiger partial charge in [-0.1, -0.05) is 48.5 Å². The van der Waals surface area contributed by atoms with Crippen molar-refractivity contribution in [3.8, 4) is 0 Å². The van der Waals surface area contributed by atoms with E-state index < -0.39 is 17.9 Å². The molecule has 0 aliphatic carbocycles. The lowest BCUT2D eigenvalue weighted by Crippen LogP contribution is -2.53. The molecule has 4 rings (SSSR count). The number of rotatable bonds is 3. The third-order valence-electron chi connectivity index (χ3n) is 5.57. The number of fused-ring (bicyclic) bond motifs is 1. The molecule has 2 aromatic carbocycles. The average molecular weight is 391 g/mol. The predicted octanol–water partition coefficient (Wildman–Crippen LogP) is 2.76. The topological polar surface area (TPSA) is 71.0 Å². The molecular formula is C23H25N3O3. The maximum atomic E-state index is 13.0. The number of nitrogens with one attached hydrogen (secondary N) is 1. The average Bonchev–Trinajstić information content (AvgIpc) is 2.73. The minimum absolute atomic E-state index is 0.225. The van der Waals surface area contributed by atoms with Gasteiger partial charge in [0.05, 0.1) is 6.61 Å². The van der Waals surface area contributed by atoms with E-state index in [-0.39, 0.29) is 12.5 Å². The van der Waals surface area contributed by atoms with Crippen LogP contribution in [0.5, 0.6) is 0 Å². The van der Waals surface area contributed by atoms with Gasteiger partial charge >= 0.3 is 5.97 Å². The van der Waals surface area contributed by atoms with Crippen molar-refractivity contribution in [3.05, 3.63) is 70.8 Å². The zero-order valence-corrected chi connectivity index (χ0v) is 16.7. The first-order chi connectivity index (χ1) is 14.1. The lowest BCUT2D eigenvalue weighted by molar-refractivity contribution is -0.153. The number of aryl methyl sites for hydroxylation is 1. The Balaban J connectivity index is 1.70. The summed E-state index contributed by atoms with van der Waals surface area (Å²) in [5, 5.41) is 2.86. The predicted molar refractivity (Wildman–Crippen MR) is 110 cm³/mol. The highest BCUT2D eigenvalue weighted by Gasteiger charge is 2.42. The molecule has 0 saturated heterocycles. The molecular weight excluding hydrogens is 366 g/mol. The van der Waals surface area contributed by atoms with Crippen LogP contribution in [0.1, 0.15) is 35.2 Å². The van der Waals surface area contributed by atoms with Crippen molar-refractivity contribution in [2.75, 3.05) is 13.2 Å². The molecule has 2 atom stereocenters. The highest BCUT2D eigenvalue weighted by Crippen LogP contribution is 2.33. The molecule has 1 N–H and O–H groups in total. The van der Waals surface area contributed by atoms with Crippen molar-refractivity contribution in [2.45, 2.75) is 32.9 Å². The Morgan fingerprint density at radius 3 is 2.66 bits per heavy atom. The fourth-order valence-electron chi connectivity index (χ4n) is 4.04. The zero-order valence-electron chi connectivity index (χ0n) is 16.7. The number of carbonyl (C=O) groups excluding carboxylic acids is 2. The van der Waals surface area contributed by atoms with Gasteiger partial charge in [0.1, 0.15) is 6.04 Å². The lowest BCUT2D eigenvalue weighted by atomic mass is 9.89. The standard InChI is InChI=1S/C23H25N3O3/c1-3-29-22(28)19-20(18-11-7-4-8-15(18)2)24-23(25-21(19)27)26-13-12-16-9-5-6-10-17(16)14-26/h4-11,19-20H,3,12-14H2,1-2H3,(H,24,25,27)/t19-,20-/m1/s1. The second-order valence-corrected chi connectivity index (χ2v) is 7.41. The van der Waals surface area contributed by atoms with Gasteiger partial charge in [0.25, 0.3) is 0 Å². The lowest BCUT2D eigenvalue weighted by Gasteiger charge is -2.36. The van der Waals surface area contributed by atoms with Crippen LogP contribution in [0.3, 0.4) is 0 Å². The Hall–Kier alpha value is -3.15. The zero-order chi connectivity index (χ0) is 20.4. The summed E-state index contributed by atoms with van der Waals surface area (Å²) in [5.74, 6) is -1.36. The van der Waals surface area contributed by atoms with Gasteiger partial charge in [-0.05, 0) is 42.5 Å². The fraction of sp³-hybridized carbons (Fsp3) is 0.348. The molecule has 29 heavy (non-hydrogen) atoms. The molecule has 2 heterocycles. The van der Waals surface area contributed by atoms with Crippen molar-refractivity contribution in [1.82, 2.24) is 10.2 Å². The number of hydrogen-bond donors (Lipinski definition) is 1. The van der Waals surface area contributed by atoms with Gasteiger partial charge in [-0.3, -0.25) is 14.9 Å². The molecule has 0 radical (unpaired) electrons. The third kappa shape index (κ3) is 3.75. The molecule has 0 aromatic heterocycles. The van der Waals surface area contributed by atoms with Crippen LogP contribution in [0.2, 0.25) is 0 Å². The fourth-order valence-corrected chi connectivity index (χ4v) is 4.04. The molecule has 0 spiro atoms. The largest absolute Gasteiger partial charge is 0.465 e. The van der Waals surface area contributed by atoms with Crippen LogP contribution in [0.15, 0.2) is 53.5 Å².